The van der Waals surface area contributed by atoms with Crippen molar-refractivity contribution in [3.63, 3.8) is 0 Å². The highest BCUT2D eigenvalue weighted by Gasteiger charge is 2.38. The van der Waals surface area contributed by atoms with Crippen LogP contribution in [0.25, 0.3) is 0 Å². The van der Waals surface area contributed by atoms with Gasteiger partial charge in [0, 0.05) is 13.2 Å². The van der Waals surface area contributed by atoms with Crippen LogP contribution in [0.5, 0.6) is 0 Å². The van der Waals surface area contributed by atoms with Gasteiger partial charge >= 0.3 is 0 Å². The zero-order chi connectivity index (χ0) is 13.9. The van der Waals surface area contributed by atoms with E-state index in [0.29, 0.717) is 18.1 Å². The molecular formula is C17H32O2. The molecule has 1 N–H and O–H groups in total. The maximum atomic E-state index is 9.86. The smallest absolute Gasteiger partial charge is 0.0576 e. The van der Waals surface area contributed by atoms with Crippen molar-refractivity contribution in [2.24, 2.45) is 16.7 Å². The Morgan fingerprint density at radius 3 is 2.32 bits per heavy atom. The molecule has 1 heterocycles. The third-order valence-corrected chi connectivity index (χ3v) is 5.63. The number of rotatable bonds is 4. The first-order valence-corrected chi connectivity index (χ1v) is 8.18. The largest absolute Gasteiger partial charge is 0.396 e. The molecule has 112 valence electrons. The summed E-state index contributed by atoms with van der Waals surface area (Å²) in [6.07, 6.45) is 10.2. The lowest BCUT2D eigenvalue weighted by molar-refractivity contribution is 0.0140. The predicted octanol–water partition coefficient (Wildman–Crippen LogP) is 4.16. The summed E-state index contributed by atoms with van der Waals surface area (Å²) in [4.78, 5) is 0. The Morgan fingerprint density at radius 2 is 1.84 bits per heavy atom. The van der Waals surface area contributed by atoms with Gasteiger partial charge in [0.2, 0.25) is 0 Å². The molecule has 2 heteroatoms. The number of aliphatic hydroxyl groups excluding tert-OH is 1. The van der Waals surface area contributed by atoms with Gasteiger partial charge in [0.25, 0.3) is 0 Å². The average molecular weight is 268 g/mol. The topological polar surface area (TPSA) is 29.5 Å². The van der Waals surface area contributed by atoms with Crippen molar-refractivity contribution in [1.29, 1.82) is 0 Å². The van der Waals surface area contributed by atoms with Gasteiger partial charge in [-0.15, -0.1) is 0 Å². The summed E-state index contributed by atoms with van der Waals surface area (Å²) in [5, 5.41) is 9.86. The van der Waals surface area contributed by atoms with E-state index in [1.165, 1.54) is 38.5 Å². The SMILES string of the molecule is CC(C)(C)C1CCC(CO)(CCC2CCCO2)CC1. The lowest BCUT2D eigenvalue weighted by Crippen LogP contribution is -2.35. The van der Waals surface area contributed by atoms with Gasteiger partial charge in [-0.1, -0.05) is 20.8 Å². The van der Waals surface area contributed by atoms with E-state index in [9.17, 15) is 5.11 Å². The van der Waals surface area contributed by atoms with Crippen molar-refractivity contribution in [2.45, 2.75) is 78.2 Å². The van der Waals surface area contributed by atoms with E-state index < -0.39 is 0 Å². The van der Waals surface area contributed by atoms with Crippen molar-refractivity contribution in [3.05, 3.63) is 0 Å². The quantitative estimate of drug-likeness (QED) is 0.829. The van der Waals surface area contributed by atoms with Gasteiger partial charge in [0.05, 0.1) is 6.10 Å². The molecule has 1 aliphatic heterocycles. The second kappa shape index (κ2) is 6.13. The van der Waals surface area contributed by atoms with Crippen LogP contribution in [0.1, 0.15) is 72.1 Å². The summed E-state index contributed by atoms with van der Waals surface area (Å²) >= 11 is 0. The molecule has 1 unspecified atom stereocenters. The average Bonchev–Trinajstić information content (AvgIpc) is 2.89. The Morgan fingerprint density at radius 1 is 1.16 bits per heavy atom. The van der Waals surface area contributed by atoms with Gasteiger partial charge in [0.15, 0.2) is 0 Å². The van der Waals surface area contributed by atoms with Crippen LogP contribution in [-0.2, 0) is 4.74 Å². The van der Waals surface area contributed by atoms with E-state index in [0.717, 1.165) is 25.4 Å². The van der Waals surface area contributed by atoms with Crippen LogP contribution in [-0.4, -0.2) is 24.4 Å². The normalized spacial score (nSPS) is 36.6. The zero-order valence-corrected chi connectivity index (χ0v) is 13.1. The Kier molecular flexibility index (Phi) is 4.94. The van der Waals surface area contributed by atoms with E-state index in [-0.39, 0.29) is 5.41 Å². The van der Waals surface area contributed by atoms with Gasteiger partial charge in [-0.25, -0.2) is 0 Å². The summed E-state index contributed by atoms with van der Waals surface area (Å²) < 4.78 is 5.73. The summed E-state index contributed by atoms with van der Waals surface area (Å²) in [5.74, 6) is 0.829. The lowest BCUT2D eigenvalue weighted by Gasteiger charge is -2.43. The third kappa shape index (κ3) is 3.95. The molecule has 0 aromatic rings. The Hall–Kier alpha value is -0.0800. The fraction of sp³-hybridized carbons (Fsp3) is 1.00. The first kappa shape index (κ1) is 15.3. The minimum absolute atomic E-state index is 0.202. The number of aliphatic hydroxyl groups is 1. The second-order valence-corrected chi connectivity index (χ2v) is 7.97. The van der Waals surface area contributed by atoms with E-state index in [2.05, 4.69) is 20.8 Å². The van der Waals surface area contributed by atoms with Gasteiger partial charge in [-0.05, 0) is 68.1 Å². The highest BCUT2D eigenvalue weighted by atomic mass is 16.5. The summed E-state index contributed by atoms with van der Waals surface area (Å²) in [5.41, 5.74) is 0.629. The van der Waals surface area contributed by atoms with Crippen LogP contribution in [0.4, 0.5) is 0 Å². The molecule has 0 amide bonds. The van der Waals surface area contributed by atoms with E-state index in [4.69, 9.17) is 4.74 Å². The molecule has 2 fully saturated rings. The molecule has 0 aromatic carbocycles. The van der Waals surface area contributed by atoms with Crippen LogP contribution in [0.15, 0.2) is 0 Å². The fourth-order valence-corrected chi connectivity index (χ4v) is 3.92. The first-order valence-electron chi connectivity index (χ1n) is 8.18. The molecule has 1 atom stereocenters. The molecular weight excluding hydrogens is 236 g/mol. The van der Waals surface area contributed by atoms with Gasteiger partial charge in [-0.3, -0.25) is 0 Å². The predicted molar refractivity (Wildman–Crippen MR) is 79.1 cm³/mol. The molecule has 1 saturated heterocycles. The van der Waals surface area contributed by atoms with Crippen LogP contribution in [0, 0.1) is 16.7 Å². The van der Waals surface area contributed by atoms with Crippen LogP contribution in [0.2, 0.25) is 0 Å². The third-order valence-electron chi connectivity index (χ3n) is 5.63. The molecule has 2 aliphatic rings. The number of hydrogen-bond acceptors (Lipinski definition) is 2. The molecule has 19 heavy (non-hydrogen) atoms. The van der Waals surface area contributed by atoms with Crippen molar-refractivity contribution < 1.29 is 9.84 Å². The van der Waals surface area contributed by atoms with Gasteiger partial charge in [0.1, 0.15) is 0 Å². The molecule has 0 aromatic heterocycles. The Labute approximate surface area is 118 Å². The summed E-state index contributed by atoms with van der Waals surface area (Å²) in [6.45, 7) is 8.39. The van der Waals surface area contributed by atoms with Gasteiger partial charge in [-0.2, -0.15) is 0 Å². The van der Waals surface area contributed by atoms with Crippen LogP contribution in [0.3, 0.4) is 0 Å². The molecule has 1 aliphatic carbocycles. The van der Waals surface area contributed by atoms with Crippen LogP contribution < -0.4 is 0 Å². The van der Waals surface area contributed by atoms with Crippen LogP contribution >= 0.6 is 0 Å². The van der Waals surface area contributed by atoms with Crippen molar-refractivity contribution >= 4 is 0 Å². The van der Waals surface area contributed by atoms with E-state index in [1.54, 1.807) is 0 Å². The molecule has 1 saturated carbocycles. The van der Waals surface area contributed by atoms with E-state index >= 15 is 0 Å². The second-order valence-electron chi connectivity index (χ2n) is 7.97. The monoisotopic (exact) mass is 268 g/mol. The fourth-order valence-electron chi connectivity index (χ4n) is 3.92. The zero-order valence-electron chi connectivity index (χ0n) is 13.1. The summed E-state index contributed by atoms with van der Waals surface area (Å²) in [6, 6.07) is 0. The van der Waals surface area contributed by atoms with E-state index in [1.807, 2.05) is 0 Å². The van der Waals surface area contributed by atoms with Crippen molar-refractivity contribution in [3.8, 4) is 0 Å². The van der Waals surface area contributed by atoms with Gasteiger partial charge < -0.3 is 9.84 Å². The maximum absolute atomic E-state index is 9.86. The maximum Gasteiger partial charge on any atom is 0.0576 e. The molecule has 2 rings (SSSR count). The standard InChI is InChI=1S/C17H32O2/c1-16(2,3)14-6-9-17(13-18,10-7-14)11-8-15-5-4-12-19-15/h14-15,18H,4-13H2,1-3H3. The molecule has 2 nitrogen and oxygen atoms in total. The number of ether oxygens (including phenoxy) is 1. The first-order chi connectivity index (χ1) is 8.95. The minimum atomic E-state index is 0.202. The minimum Gasteiger partial charge on any atom is -0.396 e. The highest BCUT2D eigenvalue weighted by molar-refractivity contribution is 4.89. The summed E-state index contributed by atoms with van der Waals surface area (Å²) in [7, 11) is 0. The molecule has 0 radical (unpaired) electrons. The number of hydrogen-bond donors (Lipinski definition) is 1. The lowest BCUT2D eigenvalue weighted by atomic mass is 9.63. The molecule has 0 bridgehead atoms. The van der Waals surface area contributed by atoms with Crippen molar-refractivity contribution in [1.82, 2.24) is 0 Å². The Balaban J connectivity index is 1.83. The molecule has 0 spiro atoms. The van der Waals surface area contributed by atoms with Crippen molar-refractivity contribution in [2.75, 3.05) is 13.2 Å². The Bertz CT molecular complexity index is 265. The highest BCUT2D eigenvalue weighted by Crippen LogP contribution is 2.47.